The number of alkyl halides is 3. The highest BCUT2D eigenvalue weighted by Crippen LogP contribution is 2.45. The predicted octanol–water partition coefficient (Wildman–Crippen LogP) is 3.44. The molecular formula is C18H14ClF3N2O3. The summed E-state index contributed by atoms with van der Waals surface area (Å²) in [5.74, 6) is -3.09. The number of ketones is 1. The van der Waals surface area contributed by atoms with Gasteiger partial charge in [0.25, 0.3) is 0 Å². The summed E-state index contributed by atoms with van der Waals surface area (Å²) >= 11 is 6.08. The van der Waals surface area contributed by atoms with Crippen molar-refractivity contribution in [2.24, 2.45) is 5.92 Å². The summed E-state index contributed by atoms with van der Waals surface area (Å²) in [5, 5.41) is 14.2. The number of urea groups is 1. The molecule has 3 atom stereocenters. The molecule has 2 aromatic rings. The Labute approximate surface area is 157 Å². The van der Waals surface area contributed by atoms with Gasteiger partial charge in [-0.05, 0) is 11.6 Å². The molecule has 9 heteroatoms. The Kier molecular flexibility index (Phi) is 4.88. The van der Waals surface area contributed by atoms with Crippen LogP contribution < -0.4 is 10.6 Å². The van der Waals surface area contributed by atoms with Crippen LogP contribution in [0.1, 0.15) is 22.0 Å². The first-order valence-electron chi connectivity index (χ1n) is 7.86. The SMILES string of the molecule is O=C1N[C@H](c2ccccc2Cl)[C@@H](C(=O)c2ccccc2)[C@@](O)(C(F)(F)F)N1. The van der Waals surface area contributed by atoms with Gasteiger partial charge in [0.2, 0.25) is 5.72 Å². The van der Waals surface area contributed by atoms with E-state index in [1.165, 1.54) is 47.8 Å². The molecule has 0 radical (unpaired) electrons. The number of carbonyl (C=O) groups is 2. The van der Waals surface area contributed by atoms with Gasteiger partial charge in [0.15, 0.2) is 5.78 Å². The largest absolute Gasteiger partial charge is 0.437 e. The maximum atomic E-state index is 13.7. The molecule has 0 saturated carbocycles. The summed E-state index contributed by atoms with van der Waals surface area (Å²) < 4.78 is 41.2. The van der Waals surface area contributed by atoms with Crippen LogP contribution in [-0.4, -0.2) is 28.8 Å². The van der Waals surface area contributed by atoms with Gasteiger partial charge in [-0.3, -0.25) is 4.79 Å². The van der Waals surface area contributed by atoms with Gasteiger partial charge >= 0.3 is 12.2 Å². The molecule has 0 spiro atoms. The van der Waals surface area contributed by atoms with Crippen LogP contribution in [0, 0.1) is 5.92 Å². The number of carbonyl (C=O) groups excluding carboxylic acids is 2. The molecule has 0 aromatic heterocycles. The topological polar surface area (TPSA) is 78.4 Å². The van der Waals surface area contributed by atoms with Gasteiger partial charge < -0.3 is 15.7 Å². The average Bonchev–Trinajstić information content (AvgIpc) is 2.61. The van der Waals surface area contributed by atoms with Crippen molar-refractivity contribution in [3.63, 3.8) is 0 Å². The van der Waals surface area contributed by atoms with E-state index in [1.807, 2.05) is 0 Å². The van der Waals surface area contributed by atoms with E-state index in [-0.39, 0.29) is 16.1 Å². The van der Waals surface area contributed by atoms with Crippen molar-refractivity contribution in [2.75, 3.05) is 0 Å². The Morgan fingerprint density at radius 3 is 2.26 bits per heavy atom. The zero-order chi connectivity index (χ0) is 19.8. The van der Waals surface area contributed by atoms with Crippen LogP contribution in [0.15, 0.2) is 54.6 Å². The van der Waals surface area contributed by atoms with E-state index in [0.29, 0.717) is 0 Å². The van der Waals surface area contributed by atoms with Gasteiger partial charge in [-0.2, -0.15) is 13.2 Å². The minimum atomic E-state index is -5.31. The normalized spacial score (nSPS) is 25.4. The average molecular weight is 399 g/mol. The molecule has 0 aliphatic carbocycles. The molecule has 1 saturated heterocycles. The van der Waals surface area contributed by atoms with E-state index < -0.39 is 35.7 Å². The number of aliphatic hydroxyl groups is 1. The summed E-state index contributed by atoms with van der Waals surface area (Å²) in [4.78, 5) is 24.9. The van der Waals surface area contributed by atoms with Crippen molar-refractivity contribution in [1.29, 1.82) is 0 Å². The molecule has 0 unspecified atom stereocenters. The van der Waals surface area contributed by atoms with E-state index in [0.717, 1.165) is 0 Å². The fourth-order valence-corrected chi connectivity index (χ4v) is 3.36. The highest BCUT2D eigenvalue weighted by molar-refractivity contribution is 6.31. The van der Waals surface area contributed by atoms with Crippen LogP contribution in [0.3, 0.4) is 0 Å². The van der Waals surface area contributed by atoms with E-state index in [4.69, 9.17) is 11.6 Å². The minimum Gasteiger partial charge on any atom is -0.363 e. The second kappa shape index (κ2) is 6.86. The number of hydrogen-bond donors (Lipinski definition) is 3. The van der Waals surface area contributed by atoms with Crippen LogP contribution in [0.5, 0.6) is 0 Å². The number of nitrogens with one attached hydrogen (secondary N) is 2. The second-order valence-corrected chi connectivity index (χ2v) is 6.48. The van der Waals surface area contributed by atoms with Crippen molar-refractivity contribution < 1.29 is 27.9 Å². The first kappa shape index (κ1) is 19.2. The number of halogens is 4. The molecule has 1 aliphatic rings. The Morgan fingerprint density at radius 1 is 1.07 bits per heavy atom. The number of amides is 2. The maximum Gasteiger partial charge on any atom is 0.437 e. The molecule has 3 rings (SSSR count). The third-order valence-electron chi connectivity index (χ3n) is 4.39. The Morgan fingerprint density at radius 2 is 1.67 bits per heavy atom. The van der Waals surface area contributed by atoms with Gasteiger partial charge in [-0.25, -0.2) is 4.79 Å². The molecule has 1 aliphatic heterocycles. The van der Waals surface area contributed by atoms with E-state index in [9.17, 15) is 27.9 Å². The first-order chi connectivity index (χ1) is 12.6. The quantitative estimate of drug-likeness (QED) is 0.693. The summed E-state index contributed by atoms with van der Waals surface area (Å²) in [6, 6.07) is 10.3. The standard InChI is InChI=1S/C18H14ClF3N2O3/c19-12-9-5-4-8-11(12)14-13(15(25)10-6-2-1-3-7-10)17(27,18(20,21)22)24-16(26)23-14/h1-9,13-14,27H,(H2,23,24,26)/t13-,14+,17+/m0/s1. The Balaban J connectivity index is 2.19. The lowest BCUT2D eigenvalue weighted by Gasteiger charge is -2.45. The fourth-order valence-electron chi connectivity index (χ4n) is 3.11. The Hall–Kier alpha value is -2.58. The van der Waals surface area contributed by atoms with Crippen LogP contribution in [0.25, 0.3) is 0 Å². The molecule has 2 amide bonds. The van der Waals surface area contributed by atoms with Crippen molar-refractivity contribution >= 4 is 23.4 Å². The lowest BCUT2D eigenvalue weighted by atomic mass is 9.77. The zero-order valence-corrected chi connectivity index (χ0v) is 14.4. The number of rotatable bonds is 3. The summed E-state index contributed by atoms with van der Waals surface area (Å²) in [6.07, 6.45) is -5.31. The van der Waals surface area contributed by atoms with Crippen LogP contribution in [0.4, 0.5) is 18.0 Å². The number of benzene rings is 2. The highest BCUT2D eigenvalue weighted by Gasteiger charge is 2.66. The maximum absolute atomic E-state index is 13.7. The molecule has 1 fully saturated rings. The van der Waals surface area contributed by atoms with Crippen LogP contribution in [0.2, 0.25) is 5.02 Å². The van der Waals surface area contributed by atoms with Crippen molar-refractivity contribution in [3.05, 3.63) is 70.7 Å². The molecule has 142 valence electrons. The third-order valence-corrected chi connectivity index (χ3v) is 4.73. The zero-order valence-electron chi connectivity index (χ0n) is 13.6. The summed E-state index contributed by atoms with van der Waals surface area (Å²) in [6.45, 7) is 0. The first-order valence-corrected chi connectivity index (χ1v) is 8.24. The van der Waals surface area contributed by atoms with Gasteiger partial charge in [0, 0.05) is 10.6 Å². The summed E-state index contributed by atoms with van der Waals surface area (Å²) in [7, 11) is 0. The van der Waals surface area contributed by atoms with E-state index >= 15 is 0 Å². The molecule has 2 aromatic carbocycles. The van der Waals surface area contributed by atoms with Gasteiger partial charge in [0.05, 0.1) is 6.04 Å². The monoisotopic (exact) mass is 398 g/mol. The van der Waals surface area contributed by atoms with Crippen LogP contribution in [-0.2, 0) is 0 Å². The molecule has 5 nitrogen and oxygen atoms in total. The fraction of sp³-hybridized carbons (Fsp3) is 0.222. The Bertz CT molecular complexity index is 876. The van der Waals surface area contributed by atoms with Gasteiger partial charge in [-0.15, -0.1) is 0 Å². The third kappa shape index (κ3) is 3.38. The van der Waals surface area contributed by atoms with E-state index in [1.54, 1.807) is 12.1 Å². The number of hydrogen-bond acceptors (Lipinski definition) is 3. The van der Waals surface area contributed by atoms with Crippen molar-refractivity contribution in [3.8, 4) is 0 Å². The van der Waals surface area contributed by atoms with Crippen molar-refractivity contribution in [2.45, 2.75) is 17.9 Å². The highest BCUT2D eigenvalue weighted by atomic mass is 35.5. The molecule has 3 N–H and O–H groups in total. The summed E-state index contributed by atoms with van der Waals surface area (Å²) in [5.41, 5.74) is -3.72. The second-order valence-electron chi connectivity index (χ2n) is 6.07. The van der Waals surface area contributed by atoms with Crippen LogP contribution >= 0.6 is 11.6 Å². The smallest absolute Gasteiger partial charge is 0.363 e. The molecule has 0 bridgehead atoms. The molecule has 27 heavy (non-hydrogen) atoms. The lowest BCUT2D eigenvalue weighted by molar-refractivity contribution is -0.287. The number of Topliss-reactive ketones (excluding diaryl/α,β-unsaturated/α-hetero) is 1. The predicted molar refractivity (Wildman–Crippen MR) is 91.1 cm³/mol. The molecular weight excluding hydrogens is 385 g/mol. The van der Waals surface area contributed by atoms with Gasteiger partial charge in [0.1, 0.15) is 5.92 Å². The molecule has 1 heterocycles. The van der Waals surface area contributed by atoms with Crippen molar-refractivity contribution in [1.82, 2.24) is 10.6 Å². The van der Waals surface area contributed by atoms with Gasteiger partial charge in [-0.1, -0.05) is 60.1 Å². The van der Waals surface area contributed by atoms with E-state index in [2.05, 4.69) is 5.32 Å². The lowest BCUT2D eigenvalue weighted by Crippen LogP contribution is -2.72. The minimum absolute atomic E-state index is 0.0415.